The molecule has 1 rings (SSSR count). The number of carbonyl (C=O) groups excluding carboxylic acids is 2. The molecular weight excluding hydrogens is 148 g/mol. The van der Waals surface area contributed by atoms with Crippen molar-refractivity contribution in [3.05, 3.63) is 0 Å². The molecule has 0 aliphatic carbocycles. The topological polar surface area (TPSA) is 63.6 Å². The number of hydrogen-bond donors (Lipinski definition) is 1. The van der Waals surface area contributed by atoms with Crippen molar-refractivity contribution in [2.24, 2.45) is 5.92 Å². The summed E-state index contributed by atoms with van der Waals surface area (Å²) in [4.78, 5) is 21.4. The van der Waals surface area contributed by atoms with Gasteiger partial charge >= 0.3 is 11.9 Å². The van der Waals surface area contributed by atoms with Crippen molar-refractivity contribution in [1.82, 2.24) is 0 Å². The summed E-state index contributed by atoms with van der Waals surface area (Å²) in [5.41, 5.74) is -1.59. The summed E-state index contributed by atoms with van der Waals surface area (Å²) in [6.45, 7) is 3.33. The lowest BCUT2D eigenvalue weighted by molar-refractivity contribution is -0.160. The Labute approximate surface area is 64.2 Å². The third kappa shape index (κ3) is 1.14. The molecule has 0 amide bonds. The average molecular weight is 158 g/mol. The van der Waals surface area contributed by atoms with Crippen LogP contribution < -0.4 is 0 Å². The normalized spacial score (nSPS) is 31.3. The van der Waals surface area contributed by atoms with Crippen LogP contribution in [0, 0.1) is 5.92 Å². The minimum atomic E-state index is -1.59. The summed E-state index contributed by atoms with van der Waals surface area (Å²) in [5, 5.41) is 9.51. The third-order valence-electron chi connectivity index (χ3n) is 1.93. The largest absolute Gasteiger partial charge is 0.391 e. The minimum absolute atomic E-state index is 0.219. The number of cyclic esters (lactones) is 2. The van der Waals surface area contributed by atoms with Gasteiger partial charge in [0.05, 0.1) is 6.42 Å². The second-order valence-electron chi connectivity index (χ2n) is 3.02. The lowest BCUT2D eigenvalue weighted by Gasteiger charge is -2.20. The lowest BCUT2D eigenvalue weighted by Crippen LogP contribution is -2.39. The first-order chi connectivity index (χ1) is 4.97. The maximum absolute atomic E-state index is 10.9. The molecule has 1 N–H and O–H groups in total. The highest BCUT2D eigenvalue weighted by Gasteiger charge is 2.49. The van der Waals surface area contributed by atoms with Crippen LogP contribution >= 0.6 is 0 Å². The third-order valence-corrected chi connectivity index (χ3v) is 1.93. The van der Waals surface area contributed by atoms with Crippen molar-refractivity contribution in [3.8, 4) is 0 Å². The zero-order valence-electron chi connectivity index (χ0n) is 6.46. The molecule has 1 fully saturated rings. The van der Waals surface area contributed by atoms with Crippen LogP contribution in [0.4, 0.5) is 0 Å². The predicted molar refractivity (Wildman–Crippen MR) is 35.5 cm³/mol. The van der Waals surface area contributed by atoms with Crippen LogP contribution in [0.5, 0.6) is 0 Å². The number of esters is 2. The van der Waals surface area contributed by atoms with Gasteiger partial charge in [-0.15, -0.1) is 0 Å². The smallest absolute Gasteiger partial charge is 0.346 e. The van der Waals surface area contributed by atoms with Crippen molar-refractivity contribution in [2.45, 2.75) is 25.9 Å². The molecular formula is C7H10O4. The van der Waals surface area contributed by atoms with Gasteiger partial charge in [-0.05, 0) is 5.92 Å². The summed E-state index contributed by atoms with van der Waals surface area (Å²) >= 11 is 0. The van der Waals surface area contributed by atoms with Gasteiger partial charge < -0.3 is 9.84 Å². The molecule has 1 saturated heterocycles. The van der Waals surface area contributed by atoms with Gasteiger partial charge in [-0.1, -0.05) is 13.8 Å². The van der Waals surface area contributed by atoms with Crippen molar-refractivity contribution in [3.63, 3.8) is 0 Å². The predicted octanol–water partition coefficient (Wildman–Crippen LogP) is -0.153. The highest BCUT2D eigenvalue weighted by Crippen LogP contribution is 2.28. The van der Waals surface area contributed by atoms with E-state index in [9.17, 15) is 14.7 Å². The fourth-order valence-electron chi connectivity index (χ4n) is 0.960. The Bertz CT molecular complexity index is 208. The van der Waals surface area contributed by atoms with E-state index in [1.807, 2.05) is 0 Å². The van der Waals surface area contributed by atoms with E-state index in [0.717, 1.165) is 0 Å². The molecule has 62 valence electrons. The summed E-state index contributed by atoms with van der Waals surface area (Å²) in [6, 6.07) is 0. The van der Waals surface area contributed by atoms with Crippen molar-refractivity contribution < 1.29 is 19.4 Å². The molecule has 1 unspecified atom stereocenters. The van der Waals surface area contributed by atoms with E-state index < -0.39 is 17.5 Å². The second-order valence-corrected chi connectivity index (χ2v) is 3.02. The first kappa shape index (κ1) is 8.20. The maximum Gasteiger partial charge on any atom is 0.346 e. The first-order valence-electron chi connectivity index (χ1n) is 3.44. The first-order valence-corrected chi connectivity index (χ1v) is 3.44. The Hall–Kier alpha value is -0.900. The van der Waals surface area contributed by atoms with Gasteiger partial charge in [0.15, 0.2) is 5.60 Å². The number of hydrogen-bond acceptors (Lipinski definition) is 4. The van der Waals surface area contributed by atoms with Crippen LogP contribution in [0.3, 0.4) is 0 Å². The van der Waals surface area contributed by atoms with Crippen molar-refractivity contribution in [2.75, 3.05) is 0 Å². The summed E-state index contributed by atoms with van der Waals surface area (Å²) < 4.78 is 4.21. The van der Waals surface area contributed by atoms with Crippen molar-refractivity contribution in [1.29, 1.82) is 0 Å². The van der Waals surface area contributed by atoms with Crippen LogP contribution in [0.15, 0.2) is 0 Å². The van der Waals surface area contributed by atoms with Gasteiger partial charge in [0.2, 0.25) is 0 Å². The molecule has 0 saturated carbocycles. The number of aliphatic hydroxyl groups is 1. The Morgan fingerprint density at radius 2 is 2.09 bits per heavy atom. The molecule has 0 aromatic carbocycles. The molecule has 1 aliphatic rings. The van der Waals surface area contributed by atoms with Gasteiger partial charge in [-0.3, -0.25) is 4.79 Å². The van der Waals surface area contributed by atoms with Gasteiger partial charge in [0, 0.05) is 0 Å². The summed E-state index contributed by atoms with van der Waals surface area (Å²) in [7, 11) is 0. The molecule has 4 nitrogen and oxygen atoms in total. The van der Waals surface area contributed by atoms with Gasteiger partial charge in [-0.2, -0.15) is 0 Å². The van der Waals surface area contributed by atoms with E-state index >= 15 is 0 Å². The van der Waals surface area contributed by atoms with E-state index in [1.165, 1.54) is 0 Å². The van der Waals surface area contributed by atoms with E-state index in [1.54, 1.807) is 13.8 Å². The standard InChI is InChI=1S/C7H10O4/c1-4(2)7(10)3-5(8)11-6(7)9/h4,10H,3H2,1-2H3. The molecule has 11 heavy (non-hydrogen) atoms. The zero-order chi connectivity index (χ0) is 8.65. The molecule has 0 aromatic heterocycles. The maximum atomic E-state index is 10.9. The Morgan fingerprint density at radius 3 is 2.27 bits per heavy atom. The van der Waals surface area contributed by atoms with Gasteiger partial charge in [0.25, 0.3) is 0 Å². The molecule has 0 aromatic rings. The molecule has 0 radical (unpaired) electrons. The number of carbonyl (C=O) groups is 2. The van der Waals surface area contributed by atoms with E-state index in [0.29, 0.717) is 0 Å². The van der Waals surface area contributed by atoms with E-state index in [4.69, 9.17) is 0 Å². The second kappa shape index (κ2) is 2.30. The monoisotopic (exact) mass is 158 g/mol. The average Bonchev–Trinajstić information content (AvgIpc) is 2.08. The van der Waals surface area contributed by atoms with Crippen LogP contribution in [-0.2, 0) is 14.3 Å². The Balaban J connectivity index is 2.87. The van der Waals surface area contributed by atoms with E-state index in [2.05, 4.69) is 4.74 Å². The quantitative estimate of drug-likeness (QED) is 0.425. The fraction of sp³-hybridized carbons (Fsp3) is 0.714. The molecule has 4 heteroatoms. The van der Waals surface area contributed by atoms with Crippen LogP contribution in [0.25, 0.3) is 0 Å². The summed E-state index contributed by atoms with van der Waals surface area (Å²) in [5.74, 6) is -1.76. The van der Waals surface area contributed by atoms with Crippen LogP contribution in [0.2, 0.25) is 0 Å². The molecule has 1 aliphatic heterocycles. The van der Waals surface area contributed by atoms with Gasteiger partial charge in [-0.25, -0.2) is 4.79 Å². The highest BCUT2D eigenvalue weighted by molar-refractivity contribution is 5.99. The Kier molecular flexibility index (Phi) is 1.72. The van der Waals surface area contributed by atoms with E-state index in [-0.39, 0.29) is 12.3 Å². The fourth-order valence-corrected chi connectivity index (χ4v) is 0.960. The van der Waals surface area contributed by atoms with Crippen molar-refractivity contribution >= 4 is 11.9 Å². The molecule has 1 heterocycles. The summed E-state index contributed by atoms with van der Waals surface area (Å²) in [6.07, 6.45) is -0.219. The number of rotatable bonds is 1. The molecule has 1 atom stereocenters. The molecule has 0 spiro atoms. The Morgan fingerprint density at radius 1 is 1.55 bits per heavy atom. The minimum Gasteiger partial charge on any atom is -0.391 e. The molecule has 0 bridgehead atoms. The number of ether oxygens (including phenoxy) is 1. The van der Waals surface area contributed by atoms with Gasteiger partial charge in [0.1, 0.15) is 0 Å². The van der Waals surface area contributed by atoms with Crippen LogP contribution in [0.1, 0.15) is 20.3 Å². The highest BCUT2D eigenvalue weighted by atomic mass is 16.6. The zero-order valence-corrected chi connectivity index (χ0v) is 6.46. The van der Waals surface area contributed by atoms with Crippen LogP contribution in [-0.4, -0.2) is 22.6 Å². The SMILES string of the molecule is CC(C)C1(O)CC(=O)OC1=O. The lowest BCUT2D eigenvalue weighted by atomic mass is 9.89.